The van der Waals surface area contributed by atoms with Crippen molar-refractivity contribution in [1.29, 1.82) is 0 Å². The van der Waals surface area contributed by atoms with E-state index in [4.69, 9.17) is 5.73 Å². The molecule has 1 atom stereocenters. The Kier molecular flexibility index (Phi) is 3.41. The molecule has 1 aromatic carbocycles. The highest BCUT2D eigenvalue weighted by molar-refractivity contribution is 6.08. The normalized spacial score (nSPS) is 12.1. The molecule has 0 aliphatic rings. The molecule has 1 heterocycles. The van der Waals surface area contributed by atoms with Gasteiger partial charge >= 0.3 is 0 Å². The van der Waals surface area contributed by atoms with Crippen LogP contribution >= 0.6 is 0 Å². The molecule has 5 N–H and O–H groups in total. The number of carbonyl (C=O) groups excluding carboxylic acids is 2. The van der Waals surface area contributed by atoms with Gasteiger partial charge in [0, 0.05) is 29.8 Å². The number of hydrogen-bond donors (Lipinski definition) is 4. The van der Waals surface area contributed by atoms with E-state index in [1.807, 2.05) is 0 Å². The number of H-pyrrole nitrogens is 1. The fraction of sp³-hybridized carbons (Fsp3) is 0.231. The first kappa shape index (κ1) is 12.9. The first-order valence-electron chi connectivity index (χ1n) is 5.92. The number of nitrogens with one attached hydrogen (secondary N) is 3. The van der Waals surface area contributed by atoms with E-state index in [0.717, 1.165) is 10.9 Å². The topological polar surface area (TPSA) is 100 Å². The van der Waals surface area contributed by atoms with Crippen molar-refractivity contribution in [3.63, 3.8) is 0 Å². The Morgan fingerprint density at radius 1 is 1.37 bits per heavy atom. The van der Waals surface area contributed by atoms with Crippen LogP contribution < -0.4 is 16.4 Å². The van der Waals surface area contributed by atoms with E-state index < -0.39 is 6.04 Å². The summed E-state index contributed by atoms with van der Waals surface area (Å²) in [5.74, 6) is -0.537. The number of rotatable bonds is 3. The Labute approximate surface area is 110 Å². The summed E-state index contributed by atoms with van der Waals surface area (Å²) >= 11 is 0. The van der Waals surface area contributed by atoms with Crippen LogP contribution in [-0.4, -0.2) is 29.9 Å². The minimum atomic E-state index is -0.587. The van der Waals surface area contributed by atoms with Gasteiger partial charge in [0.15, 0.2) is 0 Å². The zero-order valence-electron chi connectivity index (χ0n) is 10.8. The number of anilines is 1. The van der Waals surface area contributed by atoms with Crippen LogP contribution in [0.5, 0.6) is 0 Å². The molecule has 0 saturated carbocycles. The summed E-state index contributed by atoms with van der Waals surface area (Å²) in [6.07, 6.45) is 1.61. The largest absolute Gasteiger partial charge is 0.399 e. The maximum Gasteiger partial charge on any atom is 0.254 e. The average Bonchev–Trinajstić information content (AvgIpc) is 2.80. The van der Waals surface area contributed by atoms with Crippen LogP contribution in [0.15, 0.2) is 24.4 Å². The van der Waals surface area contributed by atoms with Crippen LogP contribution in [0.4, 0.5) is 5.69 Å². The third-order valence-electron chi connectivity index (χ3n) is 2.94. The molecule has 1 aromatic heterocycles. The monoisotopic (exact) mass is 260 g/mol. The predicted molar refractivity (Wildman–Crippen MR) is 73.7 cm³/mol. The molecule has 1 unspecified atom stereocenters. The van der Waals surface area contributed by atoms with E-state index in [2.05, 4.69) is 15.6 Å². The Morgan fingerprint density at radius 2 is 2.11 bits per heavy atom. The summed E-state index contributed by atoms with van der Waals surface area (Å²) in [5.41, 5.74) is 7.58. The second kappa shape index (κ2) is 5.01. The molecule has 0 saturated heterocycles. The fourth-order valence-electron chi connectivity index (χ4n) is 1.89. The summed E-state index contributed by atoms with van der Waals surface area (Å²) in [6.45, 7) is 1.63. The molecule has 2 rings (SSSR count). The van der Waals surface area contributed by atoms with Crippen molar-refractivity contribution < 1.29 is 9.59 Å². The molecular formula is C13H16N4O2. The lowest BCUT2D eigenvalue weighted by Crippen LogP contribution is -2.43. The van der Waals surface area contributed by atoms with Gasteiger partial charge in [-0.05, 0) is 25.1 Å². The van der Waals surface area contributed by atoms with E-state index in [1.54, 1.807) is 31.3 Å². The van der Waals surface area contributed by atoms with Crippen molar-refractivity contribution in [2.45, 2.75) is 13.0 Å². The molecule has 0 spiro atoms. The van der Waals surface area contributed by atoms with E-state index in [9.17, 15) is 9.59 Å². The summed E-state index contributed by atoms with van der Waals surface area (Å²) in [7, 11) is 1.53. The zero-order chi connectivity index (χ0) is 14.0. The third kappa shape index (κ3) is 2.52. The number of nitrogen functional groups attached to an aromatic ring is 1. The molecule has 0 radical (unpaired) electrons. The van der Waals surface area contributed by atoms with Crippen LogP contribution in [0.3, 0.4) is 0 Å². The lowest BCUT2D eigenvalue weighted by atomic mass is 10.1. The van der Waals surface area contributed by atoms with Crippen molar-refractivity contribution in [3.8, 4) is 0 Å². The Hall–Kier alpha value is -2.50. The summed E-state index contributed by atoms with van der Waals surface area (Å²) in [5, 5.41) is 5.89. The van der Waals surface area contributed by atoms with Crippen molar-refractivity contribution >= 4 is 28.4 Å². The van der Waals surface area contributed by atoms with Crippen molar-refractivity contribution in [3.05, 3.63) is 30.0 Å². The Bertz CT molecular complexity index is 633. The SMILES string of the molecule is CNC(=O)C(C)NC(=O)c1c[nH]c2cc(N)ccc12. The van der Waals surface area contributed by atoms with Gasteiger partial charge in [-0.15, -0.1) is 0 Å². The Morgan fingerprint density at radius 3 is 2.79 bits per heavy atom. The van der Waals surface area contributed by atoms with Gasteiger partial charge in [-0.3, -0.25) is 9.59 Å². The van der Waals surface area contributed by atoms with E-state index in [1.165, 1.54) is 7.05 Å². The summed E-state index contributed by atoms with van der Waals surface area (Å²) in [6, 6.07) is 4.68. The minimum absolute atomic E-state index is 0.238. The maximum absolute atomic E-state index is 12.1. The number of hydrogen-bond acceptors (Lipinski definition) is 3. The summed E-state index contributed by atoms with van der Waals surface area (Å²) < 4.78 is 0. The predicted octanol–water partition coefficient (Wildman–Crippen LogP) is 0.614. The van der Waals surface area contributed by atoms with Gasteiger partial charge in [0.2, 0.25) is 5.91 Å². The second-order valence-corrected chi connectivity index (χ2v) is 4.32. The van der Waals surface area contributed by atoms with Crippen LogP contribution in [0, 0.1) is 0 Å². The first-order valence-corrected chi connectivity index (χ1v) is 5.92. The molecule has 6 nitrogen and oxygen atoms in total. The van der Waals surface area contributed by atoms with Crippen LogP contribution in [0.2, 0.25) is 0 Å². The van der Waals surface area contributed by atoms with Crippen LogP contribution in [0.25, 0.3) is 10.9 Å². The van der Waals surface area contributed by atoms with E-state index >= 15 is 0 Å². The number of fused-ring (bicyclic) bond motifs is 1. The number of nitrogens with two attached hydrogens (primary N) is 1. The molecule has 2 aromatic rings. The standard InChI is InChI=1S/C13H16N4O2/c1-7(12(18)15-2)17-13(19)10-6-16-11-5-8(14)3-4-9(10)11/h3-7,16H,14H2,1-2H3,(H,15,18)(H,17,19). The van der Waals surface area contributed by atoms with Crippen molar-refractivity contribution in [2.75, 3.05) is 12.8 Å². The van der Waals surface area contributed by atoms with Gasteiger partial charge in [0.25, 0.3) is 5.91 Å². The van der Waals surface area contributed by atoms with Crippen LogP contribution in [-0.2, 0) is 4.79 Å². The van der Waals surface area contributed by atoms with Gasteiger partial charge in [0.1, 0.15) is 6.04 Å². The minimum Gasteiger partial charge on any atom is -0.399 e. The number of likely N-dealkylation sites (N-methyl/N-ethyl adjacent to an activating group) is 1. The quantitative estimate of drug-likeness (QED) is 0.608. The number of amides is 2. The van der Waals surface area contributed by atoms with Gasteiger partial charge in [0.05, 0.1) is 5.56 Å². The lowest BCUT2D eigenvalue weighted by Gasteiger charge is -2.11. The molecule has 2 amide bonds. The highest BCUT2D eigenvalue weighted by Crippen LogP contribution is 2.20. The third-order valence-corrected chi connectivity index (χ3v) is 2.94. The second-order valence-electron chi connectivity index (χ2n) is 4.32. The molecule has 0 aliphatic carbocycles. The molecule has 6 heteroatoms. The zero-order valence-corrected chi connectivity index (χ0v) is 10.8. The Balaban J connectivity index is 2.25. The number of aromatic nitrogens is 1. The molecule has 0 aliphatic heterocycles. The van der Waals surface area contributed by atoms with Gasteiger partial charge in [-0.25, -0.2) is 0 Å². The number of aromatic amines is 1. The smallest absolute Gasteiger partial charge is 0.254 e. The van der Waals surface area contributed by atoms with Crippen LogP contribution in [0.1, 0.15) is 17.3 Å². The number of carbonyl (C=O) groups is 2. The molecule has 0 bridgehead atoms. The van der Waals surface area contributed by atoms with Gasteiger partial charge in [-0.1, -0.05) is 0 Å². The summed E-state index contributed by atoms with van der Waals surface area (Å²) in [4.78, 5) is 26.5. The molecular weight excluding hydrogens is 244 g/mol. The van der Waals surface area contributed by atoms with Crippen molar-refractivity contribution in [2.24, 2.45) is 0 Å². The fourth-order valence-corrected chi connectivity index (χ4v) is 1.89. The average molecular weight is 260 g/mol. The highest BCUT2D eigenvalue weighted by Gasteiger charge is 2.17. The van der Waals surface area contributed by atoms with E-state index in [-0.39, 0.29) is 11.8 Å². The lowest BCUT2D eigenvalue weighted by molar-refractivity contribution is -0.122. The van der Waals surface area contributed by atoms with E-state index in [0.29, 0.717) is 11.3 Å². The molecule has 19 heavy (non-hydrogen) atoms. The highest BCUT2D eigenvalue weighted by atomic mass is 16.2. The van der Waals surface area contributed by atoms with Gasteiger partial charge in [-0.2, -0.15) is 0 Å². The molecule has 0 fully saturated rings. The maximum atomic E-state index is 12.1. The molecule has 100 valence electrons. The van der Waals surface area contributed by atoms with Gasteiger partial charge < -0.3 is 21.4 Å². The van der Waals surface area contributed by atoms with Crippen molar-refractivity contribution in [1.82, 2.24) is 15.6 Å². The first-order chi connectivity index (χ1) is 9.02. The number of benzene rings is 1.